The van der Waals surface area contributed by atoms with Crippen LogP contribution in [0.2, 0.25) is 0 Å². The highest BCUT2D eigenvalue weighted by Gasteiger charge is 2.24. The summed E-state index contributed by atoms with van der Waals surface area (Å²) in [6, 6.07) is -0.152. The average Bonchev–Trinajstić information content (AvgIpc) is 2.17. The Labute approximate surface area is 85.2 Å². The lowest BCUT2D eigenvalue weighted by Gasteiger charge is -2.31. The third kappa shape index (κ3) is 3.27. The first-order chi connectivity index (χ1) is 6.61. The van der Waals surface area contributed by atoms with Crippen LogP contribution in [0.25, 0.3) is 0 Å². The maximum Gasteiger partial charge on any atom is 0.323 e. The molecule has 82 valence electrons. The fraction of sp³-hybridized carbons (Fsp3) is 0.900. The van der Waals surface area contributed by atoms with E-state index >= 15 is 0 Å². The fourth-order valence-corrected chi connectivity index (χ4v) is 1.44. The van der Waals surface area contributed by atoms with E-state index in [1.165, 1.54) is 0 Å². The summed E-state index contributed by atoms with van der Waals surface area (Å²) in [5.41, 5.74) is 0. The Hall–Kier alpha value is -0.610. The smallest absolute Gasteiger partial charge is 0.323 e. The number of esters is 1. The van der Waals surface area contributed by atoms with E-state index in [2.05, 4.69) is 4.90 Å². The molecular weight excluding hydrogens is 182 g/mol. The van der Waals surface area contributed by atoms with Crippen LogP contribution in [0, 0.1) is 0 Å². The van der Waals surface area contributed by atoms with E-state index in [0.29, 0.717) is 13.2 Å². The highest BCUT2D eigenvalue weighted by Crippen LogP contribution is 2.06. The first kappa shape index (κ1) is 11.5. The first-order valence-electron chi connectivity index (χ1n) is 5.13. The molecule has 0 aromatic rings. The summed E-state index contributed by atoms with van der Waals surface area (Å²) in [5, 5.41) is 0. The topological polar surface area (TPSA) is 38.8 Å². The van der Waals surface area contributed by atoms with E-state index in [9.17, 15) is 4.79 Å². The Morgan fingerprint density at radius 2 is 1.86 bits per heavy atom. The van der Waals surface area contributed by atoms with Crippen LogP contribution in [0.3, 0.4) is 0 Å². The molecule has 0 aliphatic carbocycles. The van der Waals surface area contributed by atoms with Crippen molar-refractivity contribution in [3.63, 3.8) is 0 Å². The molecule has 1 rings (SSSR count). The predicted octanol–water partition coefficient (Wildman–Crippen LogP) is 0.659. The molecule has 0 aromatic heterocycles. The average molecular weight is 201 g/mol. The van der Waals surface area contributed by atoms with Gasteiger partial charge in [-0.1, -0.05) is 0 Å². The molecule has 0 radical (unpaired) electrons. The van der Waals surface area contributed by atoms with E-state index in [-0.39, 0.29) is 18.1 Å². The van der Waals surface area contributed by atoms with Gasteiger partial charge in [-0.2, -0.15) is 0 Å². The summed E-state index contributed by atoms with van der Waals surface area (Å²) in [5.74, 6) is -0.137. The molecule has 4 nitrogen and oxygen atoms in total. The van der Waals surface area contributed by atoms with E-state index in [4.69, 9.17) is 9.47 Å². The molecule has 0 unspecified atom stereocenters. The standard InChI is InChI=1S/C10H19NO3/c1-8(2)14-10(12)9(3)11-4-6-13-7-5-11/h8-9H,4-7H2,1-3H3/t9-/m0/s1. The van der Waals surface area contributed by atoms with Gasteiger partial charge in [-0.15, -0.1) is 0 Å². The quantitative estimate of drug-likeness (QED) is 0.629. The maximum atomic E-state index is 11.5. The lowest BCUT2D eigenvalue weighted by Crippen LogP contribution is -2.46. The minimum Gasteiger partial charge on any atom is -0.462 e. The van der Waals surface area contributed by atoms with E-state index < -0.39 is 0 Å². The number of rotatable bonds is 3. The Bertz CT molecular complexity index is 188. The van der Waals surface area contributed by atoms with Gasteiger partial charge in [0.1, 0.15) is 6.04 Å². The molecule has 14 heavy (non-hydrogen) atoms. The second-order valence-corrected chi connectivity index (χ2v) is 3.81. The lowest BCUT2D eigenvalue weighted by atomic mass is 10.2. The number of hydrogen-bond acceptors (Lipinski definition) is 4. The third-order valence-corrected chi connectivity index (χ3v) is 2.29. The summed E-state index contributed by atoms with van der Waals surface area (Å²) >= 11 is 0. The van der Waals surface area contributed by atoms with Gasteiger partial charge in [0, 0.05) is 13.1 Å². The van der Waals surface area contributed by atoms with Crippen LogP contribution in [-0.4, -0.2) is 49.3 Å². The van der Waals surface area contributed by atoms with Crippen molar-refractivity contribution in [1.82, 2.24) is 4.90 Å². The van der Waals surface area contributed by atoms with Crippen LogP contribution in [0.5, 0.6) is 0 Å². The molecular formula is C10H19NO3. The van der Waals surface area contributed by atoms with Crippen molar-refractivity contribution < 1.29 is 14.3 Å². The molecule has 1 fully saturated rings. The van der Waals surface area contributed by atoms with Gasteiger partial charge in [0.2, 0.25) is 0 Å². The van der Waals surface area contributed by atoms with Crippen LogP contribution in [-0.2, 0) is 14.3 Å². The second-order valence-electron chi connectivity index (χ2n) is 3.81. The van der Waals surface area contributed by atoms with Gasteiger partial charge >= 0.3 is 5.97 Å². The molecule has 1 aliphatic heterocycles. The second kappa shape index (κ2) is 5.32. The van der Waals surface area contributed by atoms with Crippen molar-refractivity contribution in [2.45, 2.75) is 32.9 Å². The van der Waals surface area contributed by atoms with Gasteiger partial charge in [0.05, 0.1) is 19.3 Å². The minimum atomic E-state index is -0.152. The van der Waals surface area contributed by atoms with Gasteiger partial charge in [-0.05, 0) is 20.8 Å². The van der Waals surface area contributed by atoms with Gasteiger partial charge in [-0.25, -0.2) is 0 Å². The SMILES string of the molecule is CC(C)OC(=O)[C@H](C)N1CCOCC1. The molecule has 1 saturated heterocycles. The highest BCUT2D eigenvalue weighted by atomic mass is 16.5. The molecule has 0 N–H and O–H groups in total. The molecule has 0 amide bonds. The van der Waals surface area contributed by atoms with Crippen molar-refractivity contribution in [2.75, 3.05) is 26.3 Å². The van der Waals surface area contributed by atoms with Crippen molar-refractivity contribution in [3.05, 3.63) is 0 Å². The van der Waals surface area contributed by atoms with Crippen LogP contribution in [0.1, 0.15) is 20.8 Å². The number of ether oxygens (including phenoxy) is 2. The van der Waals surface area contributed by atoms with E-state index in [1.54, 1.807) is 0 Å². The summed E-state index contributed by atoms with van der Waals surface area (Å²) in [7, 11) is 0. The van der Waals surface area contributed by atoms with Gasteiger partial charge in [0.25, 0.3) is 0 Å². The van der Waals surface area contributed by atoms with Crippen LogP contribution in [0.4, 0.5) is 0 Å². The summed E-state index contributed by atoms with van der Waals surface area (Å²) in [6.07, 6.45) is -0.0361. The summed E-state index contributed by atoms with van der Waals surface area (Å²) < 4.78 is 10.4. The molecule has 0 saturated carbocycles. The predicted molar refractivity (Wildman–Crippen MR) is 53.1 cm³/mol. The Kier molecular flexibility index (Phi) is 4.35. The first-order valence-corrected chi connectivity index (χ1v) is 5.13. The zero-order chi connectivity index (χ0) is 10.6. The normalized spacial score (nSPS) is 20.9. The zero-order valence-corrected chi connectivity index (χ0v) is 9.16. The minimum absolute atomic E-state index is 0.0361. The monoisotopic (exact) mass is 201 g/mol. The summed E-state index contributed by atoms with van der Waals surface area (Å²) in [4.78, 5) is 13.6. The molecule has 0 spiro atoms. The number of carbonyl (C=O) groups is 1. The zero-order valence-electron chi connectivity index (χ0n) is 9.16. The van der Waals surface area contributed by atoms with Crippen molar-refractivity contribution in [2.24, 2.45) is 0 Å². The molecule has 1 atom stereocenters. The van der Waals surface area contributed by atoms with Crippen molar-refractivity contribution >= 4 is 5.97 Å². The molecule has 0 bridgehead atoms. The fourth-order valence-electron chi connectivity index (χ4n) is 1.44. The highest BCUT2D eigenvalue weighted by molar-refractivity contribution is 5.75. The van der Waals surface area contributed by atoms with Gasteiger partial charge in [0.15, 0.2) is 0 Å². The number of carbonyl (C=O) groups excluding carboxylic acids is 1. The van der Waals surface area contributed by atoms with Crippen LogP contribution < -0.4 is 0 Å². The van der Waals surface area contributed by atoms with Crippen LogP contribution >= 0.6 is 0 Å². The Morgan fingerprint density at radius 3 is 2.36 bits per heavy atom. The maximum absolute atomic E-state index is 11.5. The van der Waals surface area contributed by atoms with E-state index in [1.807, 2.05) is 20.8 Å². The molecule has 4 heteroatoms. The van der Waals surface area contributed by atoms with Crippen LogP contribution in [0.15, 0.2) is 0 Å². The Morgan fingerprint density at radius 1 is 1.29 bits per heavy atom. The number of morpholine rings is 1. The Balaban J connectivity index is 2.38. The molecule has 0 aromatic carbocycles. The van der Waals surface area contributed by atoms with Crippen molar-refractivity contribution in [3.8, 4) is 0 Å². The third-order valence-electron chi connectivity index (χ3n) is 2.29. The summed E-state index contributed by atoms with van der Waals surface area (Å²) in [6.45, 7) is 8.66. The number of nitrogens with zero attached hydrogens (tertiary/aromatic N) is 1. The van der Waals surface area contributed by atoms with Crippen molar-refractivity contribution in [1.29, 1.82) is 0 Å². The van der Waals surface area contributed by atoms with Gasteiger partial charge < -0.3 is 9.47 Å². The lowest BCUT2D eigenvalue weighted by molar-refractivity contribution is -0.154. The molecule has 1 aliphatic rings. The molecule has 1 heterocycles. The number of hydrogen-bond donors (Lipinski definition) is 0. The van der Waals surface area contributed by atoms with E-state index in [0.717, 1.165) is 13.1 Å². The van der Waals surface area contributed by atoms with Gasteiger partial charge in [-0.3, -0.25) is 9.69 Å². The largest absolute Gasteiger partial charge is 0.462 e.